The molecule has 0 radical (unpaired) electrons. The zero-order valence-corrected chi connectivity index (χ0v) is 28.1. The van der Waals surface area contributed by atoms with E-state index in [1.165, 1.54) is 22.3 Å². The second kappa shape index (κ2) is 13.3. The molecule has 3 nitrogen and oxygen atoms in total. The molecule has 1 aliphatic heterocycles. The van der Waals surface area contributed by atoms with E-state index in [4.69, 9.17) is 4.98 Å². The van der Waals surface area contributed by atoms with Gasteiger partial charge in [0.15, 0.2) is 0 Å². The molecular formula is C48H35N3. The van der Waals surface area contributed by atoms with Crippen molar-refractivity contribution in [2.75, 3.05) is 11.9 Å². The molecule has 3 heteroatoms. The van der Waals surface area contributed by atoms with E-state index in [0.717, 1.165) is 68.5 Å². The van der Waals surface area contributed by atoms with Crippen molar-refractivity contribution in [3.8, 4) is 61.6 Å². The summed E-state index contributed by atoms with van der Waals surface area (Å²) in [6.45, 7) is 0.724. The molecule has 0 saturated carbocycles. The van der Waals surface area contributed by atoms with E-state index in [1.54, 1.807) is 0 Å². The quantitative estimate of drug-likeness (QED) is 0.185. The third kappa shape index (κ3) is 5.96. The Morgan fingerprint density at radius 2 is 0.784 bits per heavy atom. The fraction of sp³-hybridized carbons (Fsp3) is 0.0208. The van der Waals surface area contributed by atoms with E-state index in [1.807, 2.05) is 0 Å². The molecule has 0 fully saturated rings. The van der Waals surface area contributed by atoms with Crippen molar-refractivity contribution in [2.24, 2.45) is 0 Å². The minimum Gasteiger partial charge on any atom is -0.366 e. The third-order valence-electron chi connectivity index (χ3n) is 9.65. The summed E-state index contributed by atoms with van der Waals surface area (Å²) < 4.78 is 2.28. The number of rotatable bonds is 7. The van der Waals surface area contributed by atoms with Crippen molar-refractivity contribution >= 4 is 11.4 Å². The number of imidazole rings is 1. The Morgan fingerprint density at radius 3 is 1.27 bits per heavy atom. The smallest absolute Gasteiger partial charge is 0.146 e. The number of hydrogen-bond acceptors (Lipinski definition) is 2. The van der Waals surface area contributed by atoms with Crippen LogP contribution >= 0.6 is 0 Å². The average Bonchev–Trinajstić information content (AvgIpc) is 3.62. The van der Waals surface area contributed by atoms with Gasteiger partial charge in [0.2, 0.25) is 0 Å². The summed E-state index contributed by atoms with van der Waals surface area (Å²) in [6, 6.07) is 66.9. The van der Waals surface area contributed by atoms with Crippen molar-refractivity contribution in [1.29, 1.82) is 0 Å². The number of benzene rings is 7. The minimum atomic E-state index is 0.724. The van der Waals surface area contributed by atoms with E-state index < -0.39 is 0 Å². The van der Waals surface area contributed by atoms with Crippen LogP contribution in [-0.2, 0) is 0 Å². The van der Waals surface area contributed by atoms with Crippen LogP contribution in [0.5, 0.6) is 0 Å². The monoisotopic (exact) mass is 653 g/mol. The molecule has 1 aliphatic rings. The second-order valence-corrected chi connectivity index (χ2v) is 12.9. The number of anilines is 1. The minimum absolute atomic E-state index is 0.724. The fourth-order valence-electron chi connectivity index (χ4n) is 7.07. The lowest BCUT2D eigenvalue weighted by atomic mass is 9.93. The zero-order valence-electron chi connectivity index (χ0n) is 28.1. The molecule has 0 saturated heterocycles. The predicted octanol–water partition coefficient (Wildman–Crippen LogP) is 12.1. The van der Waals surface area contributed by atoms with Gasteiger partial charge in [-0.15, -0.1) is 0 Å². The van der Waals surface area contributed by atoms with Crippen LogP contribution in [0.15, 0.2) is 194 Å². The summed E-state index contributed by atoms with van der Waals surface area (Å²) in [5.74, 6) is 1.90. The molecule has 2 heterocycles. The summed E-state index contributed by atoms with van der Waals surface area (Å²) >= 11 is 0. The summed E-state index contributed by atoms with van der Waals surface area (Å²) in [5.41, 5.74) is 14.8. The highest BCUT2D eigenvalue weighted by Crippen LogP contribution is 2.40. The number of hydrogen-bond donors (Lipinski definition) is 1. The van der Waals surface area contributed by atoms with Gasteiger partial charge in [0.25, 0.3) is 0 Å². The van der Waals surface area contributed by atoms with Crippen LogP contribution in [0.1, 0.15) is 11.3 Å². The van der Waals surface area contributed by atoms with Gasteiger partial charge in [-0.1, -0.05) is 164 Å². The van der Waals surface area contributed by atoms with Crippen LogP contribution in [0, 0.1) is 0 Å². The van der Waals surface area contributed by atoms with Gasteiger partial charge in [0.05, 0.1) is 0 Å². The Bertz CT molecular complexity index is 2360. The standard InChI is InChI=1S/C48H35N3/c1-5-13-34(14-6-1)36-21-25-38(26-22-36)41-31-42(39-27-23-37(24-28-39)35-15-7-2-8-16-35)33-43(32-41)47-50-46-45(40-17-9-3-10-18-40)29-30-49-48(46)51(47)44-19-11-4-12-20-44/h1-29,31-33,49H,30H2. The van der Waals surface area contributed by atoms with Crippen molar-refractivity contribution < 1.29 is 0 Å². The summed E-state index contributed by atoms with van der Waals surface area (Å²) in [5, 5.41) is 3.68. The van der Waals surface area contributed by atoms with Gasteiger partial charge >= 0.3 is 0 Å². The lowest BCUT2D eigenvalue weighted by Gasteiger charge is -2.18. The number of para-hydroxylation sites is 1. The first kappa shape index (κ1) is 30.4. The van der Waals surface area contributed by atoms with Gasteiger partial charge in [-0.3, -0.25) is 4.57 Å². The normalized spacial score (nSPS) is 12.1. The van der Waals surface area contributed by atoms with Crippen molar-refractivity contribution in [2.45, 2.75) is 0 Å². The number of fused-ring (bicyclic) bond motifs is 1. The van der Waals surface area contributed by atoms with Gasteiger partial charge in [-0.05, 0) is 80.4 Å². The molecule has 242 valence electrons. The van der Waals surface area contributed by atoms with E-state index in [2.05, 4.69) is 204 Å². The van der Waals surface area contributed by atoms with Crippen LogP contribution in [0.4, 0.5) is 5.82 Å². The van der Waals surface area contributed by atoms with Crippen LogP contribution < -0.4 is 5.32 Å². The van der Waals surface area contributed by atoms with Crippen molar-refractivity contribution in [1.82, 2.24) is 9.55 Å². The largest absolute Gasteiger partial charge is 0.366 e. The molecule has 9 rings (SSSR count). The first-order valence-electron chi connectivity index (χ1n) is 17.4. The van der Waals surface area contributed by atoms with Gasteiger partial charge in [0.1, 0.15) is 17.3 Å². The molecule has 1 aromatic heterocycles. The molecule has 0 bridgehead atoms. The van der Waals surface area contributed by atoms with Gasteiger partial charge in [-0.25, -0.2) is 4.98 Å². The molecular weight excluding hydrogens is 619 g/mol. The van der Waals surface area contributed by atoms with Crippen LogP contribution in [0.2, 0.25) is 0 Å². The Morgan fingerprint density at radius 1 is 0.392 bits per heavy atom. The highest BCUT2D eigenvalue weighted by Gasteiger charge is 2.25. The summed E-state index contributed by atoms with van der Waals surface area (Å²) in [7, 11) is 0. The Labute approximate surface area is 298 Å². The second-order valence-electron chi connectivity index (χ2n) is 12.9. The predicted molar refractivity (Wildman–Crippen MR) is 213 cm³/mol. The van der Waals surface area contributed by atoms with Crippen LogP contribution in [-0.4, -0.2) is 16.1 Å². The Kier molecular flexibility index (Phi) is 7.92. The maximum absolute atomic E-state index is 5.46. The van der Waals surface area contributed by atoms with Crippen molar-refractivity contribution in [3.63, 3.8) is 0 Å². The number of nitrogens with zero attached hydrogens (tertiary/aromatic N) is 2. The number of nitrogens with one attached hydrogen (secondary N) is 1. The maximum Gasteiger partial charge on any atom is 0.146 e. The Balaban J connectivity index is 1.22. The third-order valence-corrected chi connectivity index (χ3v) is 9.65. The highest BCUT2D eigenvalue weighted by atomic mass is 15.2. The van der Waals surface area contributed by atoms with Gasteiger partial charge in [-0.2, -0.15) is 0 Å². The summed E-state index contributed by atoms with van der Waals surface area (Å²) in [6.07, 6.45) is 2.24. The molecule has 7 aromatic carbocycles. The zero-order chi connectivity index (χ0) is 34.0. The first-order valence-corrected chi connectivity index (χ1v) is 17.4. The average molecular weight is 654 g/mol. The highest BCUT2D eigenvalue weighted by molar-refractivity contribution is 5.89. The molecule has 0 spiro atoms. The van der Waals surface area contributed by atoms with E-state index in [0.29, 0.717) is 0 Å². The van der Waals surface area contributed by atoms with Crippen molar-refractivity contribution in [3.05, 3.63) is 205 Å². The van der Waals surface area contributed by atoms with Gasteiger partial charge in [0, 0.05) is 23.4 Å². The maximum atomic E-state index is 5.46. The Hall–Kier alpha value is -6.71. The van der Waals surface area contributed by atoms with Gasteiger partial charge < -0.3 is 5.32 Å². The lowest BCUT2D eigenvalue weighted by Crippen LogP contribution is -2.12. The van der Waals surface area contributed by atoms with Crippen LogP contribution in [0.25, 0.3) is 67.2 Å². The van der Waals surface area contributed by atoms with E-state index >= 15 is 0 Å². The van der Waals surface area contributed by atoms with Crippen LogP contribution in [0.3, 0.4) is 0 Å². The molecule has 0 atom stereocenters. The first-order chi connectivity index (χ1) is 25.3. The molecule has 51 heavy (non-hydrogen) atoms. The molecule has 1 N–H and O–H groups in total. The van der Waals surface area contributed by atoms with E-state index in [-0.39, 0.29) is 0 Å². The topological polar surface area (TPSA) is 29.9 Å². The molecule has 0 aliphatic carbocycles. The molecule has 0 amide bonds. The molecule has 8 aromatic rings. The SMILES string of the molecule is C1=C(c2ccccc2)c2nc(-c3cc(-c4ccc(-c5ccccc5)cc4)cc(-c4ccc(-c5ccccc5)cc4)c3)n(-c3ccccc3)c2NC1. The summed E-state index contributed by atoms with van der Waals surface area (Å²) in [4.78, 5) is 5.46. The number of aromatic nitrogens is 2. The molecule has 0 unspecified atom stereocenters. The lowest BCUT2D eigenvalue weighted by molar-refractivity contribution is 1.05. The fourth-order valence-corrected chi connectivity index (χ4v) is 7.07. The van der Waals surface area contributed by atoms with E-state index in [9.17, 15) is 0 Å².